The molecule has 23 heavy (non-hydrogen) atoms. The van der Waals surface area contributed by atoms with Gasteiger partial charge in [0.15, 0.2) is 0 Å². The van der Waals surface area contributed by atoms with E-state index in [-0.39, 0.29) is 16.3 Å². The van der Waals surface area contributed by atoms with Gasteiger partial charge in [-0.25, -0.2) is 9.78 Å². The first kappa shape index (κ1) is 15.2. The molecule has 0 spiro atoms. The highest BCUT2D eigenvalue weighted by molar-refractivity contribution is 7.99. The molecule has 0 saturated carbocycles. The van der Waals surface area contributed by atoms with Crippen LogP contribution in [-0.2, 0) is 0 Å². The maximum atomic E-state index is 11.8. The SMILES string of the molecule is COc1ccc2nc(O)c(Sc3ccccc3)c(C(=O)O)c2c1. The highest BCUT2D eigenvalue weighted by Gasteiger charge is 2.21. The van der Waals surface area contributed by atoms with Gasteiger partial charge in [-0.2, -0.15) is 0 Å². The molecule has 0 aliphatic rings. The summed E-state index contributed by atoms with van der Waals surface area (Å²) in [5.41, 5.74) is 0.415. The van der Waals surface area contributed by atoms with Crippen LogP contribution in [0.1, 0.15) is 10.4 Å². The molecule has 1 aromatic heterocycles. The van der Waals surface area contributed by atoms with Crippen LogP contribution < -0.4 is 4.74 Å². The van der Waals surface area contributed by atoms with E-state index < -0.39 is 5.97 Å². The zero-order chi connectivity index (χ0) is 16.4. The molecule has 0 saturated heterocycles. The number of aromatic nitrogens is 1. The van der Waals surface area contributed by atoms with E-state index in [4.69, 9.17) is 4.74 Å². The molecule has 0 unspecified atom stereocenters. The normalized spacial score (nSPS) is 10.7. The van der Waals surface area contributed by atoms with E-state index in [0.29, 0.717) is 16.7 Å². The summed E-state index contributed by atoms with van der Waals surface area (Å²) in [6.45, 7) is 0. The van der Waals surface area contributed by atoms with E-state index in [1.54, 1.807) is 18.2 Å². The van der Waals surface area contributed by atoms with Crippen molar-refractivity contribution in [2.75, 3.05) is 7.11 Å². The summed E-state index contributed by atoms with van der Waals surface area (Å²) in [6, 6.07) is 14.1. The molecule has 3 aromatic rings. The van der Waals surface area contributed by atoms with Gasteiger partial charge in [-0.1, -0.05) is 30.0 Å². The fourth-order valence-electron chi connectivity index (χ4n) is 2.25. The third-order valence-corrected chi connectivity index (χ3v) is 4.41. The molecule has 0 aliphatic heterocycles. The van der Waals surface area contributed by atoms with E-state index in [9.17, 15) is 15.0 Å². The number of aromatic carboxylic acids is 1. The lowest BCUT2D eigenvalue weighted by atomic mass is 10.1. The highest BCUT2D eigenvalue weighted by atomic mass is 32.2. The minimum absolute atomic E-state index is 0.0141. The summed E-state index contributed by atoms with van der Waals surface area (Å²) in [5, 5.41) is 20.3. The lowest BCUT2D eigenvalue weighted by molar-refractivity contribution is 0.0694. The molecular formula is C17H13NO4S. The van der Waals surface area contributed by atoms with E-state index in [0.717, 1.165) is 16.7 Å². The Labute approximate surface area is 136 Å². The Morgan fingerprint density at radius 2 is 1.91 bits per heavy atom. The number of aromatic hydroxyl groups is 1. The minimum atomic E-state index is -1.13. The second-order valence-electron chi connectivity index (χ2n) is 4.74. The third kappa shape index (κ3) is 2.93. The topological polar surface area (TPSA) is 79.7 Å². The molecule has 0 amide bonds. The van der Waals surface area contributed by atoms with Gasteiger partial charge in [-0.3, -0.25) is 0 Å². The molecule has 0 fully saturated rings. The Kier molecular flexibility index (Phi) is 4.08. The van der Waals surface area contributed by atoms with Crippen molar-refractivity contribution in [3.05, 3.63) is 54.1 Å². The molecule has 116 valence electrons. The molecule has 3 rings (SSSR count). The van der Waals surface area contributed by atoms with Gasteiger partial charge in [0.1, 0.15) is 5.75 Å². The van der Waals surface area contributed by atoms with Crippen LogP contribution in [0.25, 0.3) is 10.9 Å². The number of carboxylic acids is 1. The summed E-state index contributed by atoms with van der Waals surface area (Å²) in [7, 11) is 1.51. The quantitative estimate of drug-likeness (QED) is 0.759. The lowest BCUT2D eigenvalue weighted by Crippen LogP contribution is -2.02. The molecule has 5 nitrogen and oxygen atoms in total. The smallest absolute Gasteiger partial charge is 0.337 e. The van der Waals surface area contributed by atoms with Crippen molar-refractivity contribution in [2.45, 2.75) is 9.79 Å². The van der Waals surface area contributed by atoms with Crippen molar-refractivity contribution in [1.29, 1.82) is 0 Å². The van der Waals surface area contributed by atoms with Crippen LogP contribution in [0, 0.1) is 0 Å². The third-order valence-electron chi connectivity index (χ3n) is 3.31. The molecule has 0 bridgehead atoms. The van der Waals surface area contributed by atoms with Gasteiger partial charge < -0.3 is 14.9 Å². The number of methoxy groups -OCH3 is 1. The van der Waals surface area contributed by atoms with Crippen LogP contribution >= 0.6 is 11.8 Å². The number of hydrogen-bond acceptors (Lipinski definition) is 5. The monoisotopic (exact) mass is 327 g/mol. The van der Waals surface area contributed by atoms with Crippen molar-refractivity contribution >= 4 is 28.6 Å². The van der Waals surface area contributed by atoms with Gasteiger partial charge in [0.05, 0.1) is 23.1 Å². The lowest BCUT2D eigenvalue weighted by Gasteiger charge is -2.12. The maximum Gasteiger partial charge on any atom is 0.337 e. The molecular weight excluding hydrogens is 314 g/mol. The standard InChI is InChI=1S/C17H13NO4S/c1-22-10-7-8-13-12(9-10)14(17(20)21)15(16(19)18-13)23-11-5-3-2-4-6-11/h2-9H,1H3,(H,18,19)(H,20,21). The first-order valence-electron chi connectivity index (χ1n) is 6.77. The predicted molar refractivity (Wildman–Crippen MR) is 87.5 cm³/mol. The maximum absolute atomic E-state index is 11.8. The van der Waals surface area contributed by atoms with E-state index in [1.807, 2.05) is 30.3 Å². The van der Waals surface area contributed by atoms with Crippen molar-refractivity contribution in [3.8, 4) is 11.6 Å². The molecule has 2 aromatic carbocycles. The van der Waals surface area contributed by atoms with Gasteiger partial charge in [-0.15, -0.1) is 0 Å². The zero-order valence-corrected chi connectivity index (χ0v) is 13.0. The first-order chi connectivity index (χ1) is 11.1. The Bertz CT molecular complexity index is 881. The van der Waals surface area contributed by atoms with Crippen LogP contribution in [0.15, 0.2) is 58.3 Å². The Hall–Kier alpha value is -2.73. The van der Waals surface area contributed by atoms with Crippen LogP contribution in [0.2, 0.25) is 0 Å². The fraction of sp³-hybridized carbons (Fsp3) is 0.0588. The van der Waals surface area contributed by atoms with Crippen molar-refractivity contribution in [3.63, 3.8) is 0 Å². The van der Waals surface area contributed by atoms with Crippen LogP contribution in [0.3, 0.4) is 0 Å². The van der Waals surface area contributed by atoms with Gasteiger partial charge in [0, 0.05) is 10.3 Å². The molecule has 0 atom stereocenters. The van der Waals surface area contributed by atoms with Crippen LogP contribution in [0.5, 0.6) is 11.6 Å². The second kappa shape index (κ2) is 6.18. The van der Waals surface area contributed by atoms with Gasteiger partial charge in [0.25, 0.3) is 0 Å². The summed E-state index contributed by atoms with van der Waals surface area (Å²) >= 11 is 1.16. The van der Waals surface area contributed by atoms with Gasteiger partial charge in [-0.05, 0) is 30.3 Å². The largest absolute Gasteiger partial charge is 0.497 e. The number of carboxylic acid groups (broad SMARTS) is 1. The number of fused-ring (bicyclic) bond motifs is 1. The van der Waals surface area contributed by atoms with Gasteiger partial charge >= 0.3 is 5.97 Å². The van der Waals surface area contributed by atoms with Crippen molar-refractivity contribution < 1.29 is 19.7 Å². The number of benzene rings is 2. The predicted octanol–water partition coefficient (Wildman–Crippen LogP) is 3.80. The Morgan fingerprint density at radius 3 is 2.57 bits per heavy atom. The number of rotatable bonds is 4. The molecule has 1 heterocycles. The minimum Gasteiger partial charge on any atom is -0.497 e. The number of ether oxygens (including phenoxy) is 1. The number of carbonyl (C=O) groups is 1. The Balaban J connectivity index is 2.25. The Morgan fingerprint density at radius 1 is 1.17 bits per heavy atom. The highest BCUT2D eigenvalue weighted by Crippen LogP contribution is 2.40. The van der Waals surface area contributed by atoms with Crippen LogP contribution in [-0.4, -0.2) is 28.3 Å². The van der Waals surface area contributed by atoms with Crippen LogP contribution in [0.4, 0.5) is 0 Å². The average Bonchev–Trinajstić information content (AvgIpc) is 2.55. The summed E-state index contributed by atoms with van der Waals surface area (Å²) in [5.74, 6) is -0.892. The van der Waals surface area contributed by atoms with Crippen molar-refractivity contribution in [2.24, 2.45) is 0 Å². The molecule has 6 heteroatoms. The van der Waals surface area contributed by atoms with Gasteiger partial charge in [0.2, 0.25) is 5.88 Å². The average molecular weight is 327 g/mol. The van der Waals surface area contributed by atoms with Crippen molar-refractivity contribution in [1.82, 2.24) is 4.98 Å². The molecule has 0 aliphatic carbocycles. The summed E-state index contributed by atoms with van der Waals surface area (Å²) in [6.07, 6.45) is 0. The zero-order valence-electron chi connectivity index (χ0n) is 12.2. The number of nitrogens with zero attached hydrogens (tertiary/aromatic N) is 1. The first-order valence-corrected chi connectivity index (χ1v) is 7.58. The second-order valence-corrected chi connectivity index (χ2v) is 5.83. The number of pyridine rings is 1. The van der Waals surface area contributed by atoms with E-state index >= 15 is 0 Å². The summed E-state index contributed by atoms with van der Waals surface area (Å²) in [4.78, 5) is 16.9. The molecule has 0 radical (unpaired) electrons. The molecule has 2 N–H and O–H groups in total. The van der Waals surface area contributed by atoms with E-state index in [1.165, 1.54) is 7.11 Å². The summed E-state index contributed by atoms with van der Waals surface area (Å²) < 4.78 is 5.16. The van der Waals surface area contributed by atoms with E-state index in [2.05, 4.69) is 4.98 Å². The number of hydrogen-bond donors (Lipinski definition) is 2. The fourth-order valence-corrected chi connectivity index (χ4v) is 3.22.